The lowest BCUT2D eigenvalue weighted by Crippen LogP contribution is -2.47. The summed E-state index contributed by atoms with van der Waals surface area (Å²) in [5.41, 5.74) is 0. The fourth-order valence-corrected chi connectivity index (χ4v) is 9.33. The van der Waals surface area contributed by atoms with Gasteiger partial charge in [-0.05, 0) is 102 Å². The number of rotatable bonds is 56. The number of phosphoric acid groups is 1. The lowest BCUT2D eigenvalue weighted by Gasteiger charge is -2.27. The third-order valence-corrected chi connectivity index (χ3v) is 14.4. The molecule has 0 saturated heterocycles. The lowest BCUT2D eigenvalue weighted by atomic mass is 10.0. The fourth-order valence-electron chi connectivity index (χ4n) is 8.59. The molecule has 3 unspecified atom stereocenters. The number of nitrogens with zero attached hydrogens (tertiary/aromatic N) is 1. The van der Waals surface area contributed by atoms with Gasteiger partial charge >= 0.3 is 13.8 Å². The van der Waals surface area contributed by atoms with Crippen LogP contribution in [0.1, 0.15) is 252 Å². The summed E-state index contributed by atoms with van der Waals surface area (Å²) >= 11 is 0. The van der Waals surface area contributed by atoms with Gasteiger partial charge in [0.25, 0.3) is 0 Å². The van der Waals surface area contributed by atoms with Crippen molar-refractivity contribution in [3.8, 4) is 0 Å². The maximum atomic E-state index is 13.5. The molecule has 0 fully saturated rings. The minimum absolute atomic E-state index is 0.0287. The molecule has 0 spiro atoms. The zero-order valence-electron chi connectivity index (χ0n) is 51.6. The highest BCUT2D eigenvalue weighted by molar-refractivity contribution is 7.47. The van der Waals surface area contributed by atoms with E-state index < -0.39 is 20.0 Å². The molecular weight excluding hydrogens is 1000 g/mol. The second-order valence-electron chi connectivity index (χ2n) is 22.2. The second-order valence-corrected chi connectivity index (χ2v) is 23.7. The summed E-state index contributed by atoms with van der Waals surface area (Å²) < 4.78 is 30.7. The van der Waals surface area contributed by atoms with Crippen LogP contribution in [-0.4, -0.2) is 74.3 Å². The summed E-state index contributed by atoms with van der Waals surface area (Å²) in [4.78, 5) is 37.8. The first-order valence-corrected chi connectivity index (χ1v) is 33.4. The SMILES string of the molecule is CC/C=C\C/C=C\C/C=C\C/C=C\C/C=C\C/C=C\CCCCCCCCC(=O)OC(/C=C\CCCCCCCCCCCCC)C(COP(=O)(O)OCC[N+](C)(C)C)NC(=O)CCCCCCCCC/C=C/C=C/C=C/CC. The van der Waals surface area contributed by atoms with Crippen molar-refractivity contribution in [3.63, 3.8) is 0 Å². The number of esters is 1. The number of allylic oxidation sites excluding steroid dienone is 19. The summed E-state index contributed by atoms with van der Waals surface area (Å²) in [6, 6.07) is -0.869. The Balaban J connectivity index is 5.26. The molecule has 452 valence electrons. The maximum Gasteiger partial charge on any atom is 0.472 e. The zero-order valence-corrected chi connectivity index (χ0v) is 52.5. The van der Waals surface area contributed by atoms with Crippen LogP contribution in [0.25, 0.3) is 0 Å². The number of ether oxygens (including phenoxy) is 1. The largest absolute Gasteiger partial charge is 0.472 e. The van der Waals surface area contributed by atoms with Gasteiger partial charge in [0, 0.05) is 12.8 Å². The number of amides is 1. The van der Waals surface area contributed by atoms with Gasteiger partial charge in [0.1, 0.15) is 19.3 Å². The van der Waals surface area contributed by atoms with Gasteiger partial charge in [0.15, 0.2) is 0 Å². The Morgan fingerprint density at radius 2 is 0.873 bits per heavy atom. The van der Waals surface area contributed by atoms with Crippen molar-refractivity contribution in [2.45, 2.75) is 264 Å². The Morgan fingerprint density at radius 3 is 1.35 bits per heavy atom. The molecule has 9 nitrogen and oxygen atoms in total. The monoisotopic (exact) mass is 1120 g/mol. The van der Waals surface area contributed by atoms with Crippen LogP contribution in [0, 0.1) is 0 Å². The number of carbonyl (C=O) groups excluding carboxylic acids is 2. The molecule has 0 radical (unpaired) electrons. The van der Waals surface area contributed by atoms with Gasteiger partial charge in [-0.3, -0.25) is 18.6 Å². The van der Waals surface area contributed by atoms with Gasteiger partial charge in [-0.1, -0.05) is 258 Å². The molecule has 79 heavy (non-hydrogen) atoms. The van der Waals surface area contributed by atoms with E-state index in [2.05, 4.69) is 135 Å². The van der Waals surface area contributed by atoms with E-state index in [-0.39, 0.29) is 31.5 Å². The van der Waals surface area contributed by atoms with Crippen LogP contribution in [-0.2, 0) is 27.9 Å². The van der Waals surface area contributed by atoms with Gasteiger partial charge in [0.05, 0.1) is 33.8 Å². The van der Waals surface area contributed by atoms with Crippen LogP contribution >= 0.6 is 7.82 Å². The average molecular weight is 1120 g/mol. The second kappa shape index (κ2) is 57.6. The zero-order chi connectivity index (χ0) is 57.9. The summed E-state index contributed by atoms with van der Waals surface area (Å²) in [5.74, 6) is -0.542. The van der Waals surface area contributed by atoms with Crippen LogP contribution in [0.3, 0.4) is 0 Å². The van der Waals surface area contributed by atoms with Gasteiger partial charge in [-0.25, -0.2) is 4.57 Å². The highest BCUT2D eigenvalue weighted by atomic mass is 31.2. The molecule has 0 heterocycles. The van der Waals surface area contributed by atoms with Crippen molar-refractivity contribution >= 4 is 19.7 Å². The Bertz CT molecular complexity index is 1770. The minimum atomic E-state index is -4.46. The number of carbonyl (C=O) groups is 2. The van der Waals surface area contributed by atoms with E-state index in [0.29, 0.717) is 23.9 Å². The molecule has 1 amide bonds. The average Bonchev–Trinajstić information content (AvgIpc) is 3.41. The highest BCUT2D eigenvalue weighted by Gasteiger charge is 2.30. The van der Waals surface area contributed by atoms with Crippen molar-refractivity contribution < 1.29 is 37.3 Å². The molecule has 2 N–H and O–H groups in total. The molecule has 0 aliphatic heterocycles. The van der Waals surface area contributed by atoms with Crippen LogP contribution in [0.15, 0.2) is 122 Å². The maximum absolute atomic E-state index is 13.5. The van der Waals surface area contributed by atoms with Gasteiger partial charge in [-0.2, -0.15) is 0 Å². The number of likely N-dealkylation sites (N-methyl/N-ethyl adjacent to an activating group) is 1. The predicted octanol–water partition coefficient (Wildman–Crippen LogP) is 19.9. The van der Waals surface area contributed by atoms with E-state index in [9.17, 15) is 19.0 Å². The van der Waals surface area contributed by atoms with E-state index in [1.54, 1.807) is 0 Å². The quantitative estimate of drug-likeness (QED) is 0.0156. The summed E-state index contributed by atoms with van der Waals surface area (Å²) in [6.07, 6.45) is 80.5. The molecule has 10 heteroatoms. The van der Waals surface area contributed by atoms with E-state index in [0.717, 1.165) is 135 Å². The number of phosphoric ester groups is 1. The molecule has 0 rings (SSSR count). The van der Waals surface area contributed by atoms with Gasteiger partial charge in [-0.15, -0.1) is 0 Å². The van der Waals surface area contributed by atoms with E-state index in [1.807, 2.05) is 33.3 Å². The van der Waals surface area contributed by atoms with Crippen molar-refractivity contribution in [1.82, 2.24) is 5.32 Å². The smallest absolute Gasteiger partial charge is 0.456 e. The van der Waals surface area contributed by atoms with Crippen molar-refractivity contribution in [1.29, 1.82) is 0 Å². The Kier molecular flexibility index (Phi) is 55.0. The molecule has 0 bridgehead atoms. The Morgan fingerprint density at radius 1 is 0.468 bits per heavy atom. The van der Waals surface area contributed by atoms with E-state index in [1.165, 1.54) is 77.0 Å². The number of hydrogen-bond donors (Lipinski definition) is 2. The standard InChI is InChI=1S/C69H119N2O7P/c1-7-10-13-16-19-22-25-28-30-31-32-33-34-35-36-37-38-39-41-44-47-50-53-56-59-62-69(73)78-67(60-57-54-51-48-45-42-27-24-21-18-15-12-9-3)66(65-77-79(74,75)76-64-63-71(4,5)6)70-68(72)61-58-55-52-49-46-43-40-29-26-23-20-17-14-11-8-2/h10-11,13-14,17,19-20,22-23,26,28,30,32-33,35-36,38-39,57,60,66-67H,7-9,12,15-16,18,21,24-25,27,29,31,34,37,40-56,58-59,61-65H2,1-6H3,(H-,70,72,74,75)/p+1/b13-10-,14-11+,20-17+,22-19-,26-23+,30-28-,33-32-,36-35-,39-38-,60-57-. The summed E-state index contributed by atoms with van der Waals surface area (Å²) in [6.45, 7) is 6.74. The number of unbranched alkanes of at least 4 members (excludes halogenated alkanes) is 24. The normalized spacial score (nSPS) is 14.5. The number of hydrogen-bond acceptors (Lipinski definition) is 6. The number of quaternary nitrogens is 1. The lowest BCUT2D eigenvalue weighted by molar-refractivity contribution is -0.870. The molecule has 0 aromatic carbocycles. The Labute approximate surface area is 486 Å². The van der Waals surface area contributed by atoms with Gasteiger partial charge < -0.3 is 19.4 Å². The topological polar surface area (TPSA) is 111 Å². The fraction of sp³-hybridized carbons (Fsp3) is 0.681. The van der Waals surface area contributed by atoms with Crippen molar-refractivity contribution in [2.24, 2.45) is 0 Å². The first kappa shape index (κ1) is 75.4. The molecular formula is C69H120N2O7P+. The van der Waals surface area contributed by atoms with Crippen LogP contribution < -0.4 is 5.32 Å². The highest BCUT2D eigenvalue weighted by Crippen LogP contribution is 2.43. The molecule has 0 aliphatic carbocycles. The Hall–Kier alpha value is -3.59. The molecule has 0 aliphatic rings. The van der Waals surface area contributed by atoms with Gasteiger partial charge in [0.2, 0.25) is 5.91 Å². The molecule has 0 saturated carbocycles. The summed E-state index contributed by atoms with van der Waals surface area (Å²) in [5, 5.41) is 3.04. The first-order chi connectivity index (χ1) is 38.4. The van der Waals surface area contributed by atoms with Crippen LogP contribution in [0.4, 0.5) is 0 Å². The van der Waals surface area contributed by atoms with Crippen molar-refractivity contribution in [2.75, 3.05) is 40.9 Å². The third kappa shape index (κ3) is 58.9. The number of nitrogens with one attached hydrogen (secondary N) is 1. The first-order valence-electron chi connectivity index (χ1n) is 31.9. The van der Waals surface area contributed by atoms with Crippen molar-refractivity contribution in [3.05, 3.63) is 122 Å². The predicted molar refractivity (Wildman–Crippen MR) is 341 cm³/mol. The van der Waals surface area contributed by atoms with E-state index >= 15 is 0 Å². The minimum Gasteiger partial charge on any atom is -0.456 e. The molecule has 0 aromatic rings. The summed E-state index contributed by atoms with van der Waals surface area (Å²) in [7, 11) is 1.46. The third-order valence-electron chi connectivity index (χ3n) is 13.5. The molecule has 0 aromatic heterocycles. The van der Waals surface area contributed by atoms with Crippen LogP contribution in [0.5, 0.6) is 0 Å². The molecule has 3 atom stereocenters. The van der Waals surface area contributed by atoms with Crippen LogP contribution in [0.2, 0.25) is 0 Å². The van der Waals surface area contributed by atoms with E-state index in [4.69, 9.17) is 13.8 Å².